The molecule has 0 spiro atoms. The largest absolute Gasteiger partial charge is 0.507 e. The first kappa shape index (κ1) is 22.3. The van der Waals surface area contributed by atoms with Crippen molar-refractivity contribution in [3.8, 4) is 5.75 Å². The summed E-state index contributed by atoms with van der Waals surface area (Å²) in [6.45, 7) is 2.90. The summed E-state index contributed by atoms with van der Waals surface area (Å²) in [5.74, 6) is -0.960. The SMILES string of the molecule is CCCCOc1cccc(C(O)=C2C(=O)C(=O)N(Cc3ccccc3)C2c2ccncc2)c1. The number of Topliss-reactive ketones (excluding diaryl/α,β-unsaturated/α-hetero) is 1. The molecular weight excluding hydrogens is 416 g/mol. The van der Waals surface area contributed by atoms with E-state index in [1.54, 1.807) is 48.8 Å². The van der Waals surface area contributed by atoms with Gasteiger partial charge in [0.15, 0.2) is 0 Å². The van der Waals surface area contributed by atoms with Gasteiger partial charge in [-0.3, -0.25) is 14.6 Å². The molecular formula is C27H26N2O4. The molecule has 4 rings (SSSR count). The Kier molecular flexibility index (Phi) is 6.83. The van der Waals surface area contributed by atoms with Gasteiger partial charge in [0, 0.05) is 24.5 Å². The highest BCUT2D eigenvalue weighted by atomic mass is 16.5. The number of pyridine rings is 1. The van der Waals surface area contributed by atoms with Gasteiger partial charge < -0.3 is 14.7 Å². The summed E-state index contributed by atoms with van der Waals surface area (Å²) in [6, 6.07) is 19.2. The molecule has 1 amide bonds. The fourth-order valence-corrected chi connectivity index (χ4v) is 3.94. The molecule has 1 aliphatic rings. The number of likely N-dealkylation sites (tertiary alicyclic amines) is 1. The number of benzene rings is 2. The molecule has 1 fully saturated rings. The molecule has 1 aliphatic heterocycles. The van der Waals surface area contributed by atoms with Crippen LogP contribution in [-0.4, -0.2) is 33.3 Å². The Morgan fingerprint density at radius 3 is 2.52 bits per heavy atom. The highest BCUT2D eigenvalue weighted by Crippen LogP contribution is 2.40. The lowest BCUT2D eigenvalue weighted by Gasteiger charge is -2.25. The van der Waals surface area contributed by atoms with Gasteiger partial charge in [-0.05, 0) is 41.8 Å². The third-order valence-electron chi connectivity index (χ3n) is 5.63. The summed E-state index contributed by atoms with van der Waals surface area (Å²) in [6.07, 6.45) is 5.15. The maximum atomic E-state index is 13.1. The molecule has 168 valence electrons. The van der Waals surface area contributed by atoms with E-state index in [4.69, 9.17) is 4.74 Å². The molecule has 2 aromatic carbocycles. The normalized spacial score (nSPS) is 17.4. The van der Waals surface area contributed by atoms with Gasteiger partial charge in [-0.2, -0.15) is 0 Å². The summed E-state index contributed by atoms with van der Waals surface area (Å²) in [4.78, 5) is 31.8. The molecule has 1 saturated heterocycles. The number of amides is 1. The van der Waals surface area contributed by atoms with Crippen LogP contribution in [0, 0.1) is 0 Å². The zero-order valence-electron chi connectivity index (χ0n) is 18.5. The van der Waals surface area contributed by atoms with E-state index in [2.05, 4.69) is 11.9 Å². The van der Waals surface area contributed by atoms with Crippen LogP contribution < -0.4 is 4.74 Å². The summed E-state index contributed by atoms with van der Waals surface area (Å²) in [7, 11) is 0. The number of ether oxygens (including phenoxy) is 1. The molecule has 6 nitrogen and oxygen atoms in total. The van der Waals surface area contributed by atoms with E-state index in [-0.39, 0.29) is 17.9 Å². The minimum absolute atomic E-state index is 0.0628. The number of aliphatic hydroxyl groups excluding tert-OH is 1. The Balaban J connectivity index is 1.76. The van der Waals surface area contributed by atoms with Gasteiger partial charge in [0.25, 0.3) is 11.7 Å². The van der Waals surface area contributed by atoms with Crippen LogP contribution in [0.4, 0.5) is 0 Å². The predicted molar refractivity (Wildman–Crippen MR) is 125 cm³/mol. The van der Waals surface area contributed by atoms with Gasteiger partial charge >= 0.3 is 0 Å². The first-order valence-corrected chi connectivity index (χ1v) is 11.1. The Bertz CT molecular complexity index is 1160. The average molecular weight is 443 g/mol. The molecule has 33 heavy (non-hydrogen) atoms. The van der Waals surface area contributed by atoms with Crippen molar-refractivity contribution in [2.24, 2.45) is 0 Å². The van der Waals surface area contributed by atoms with Crippen molar-refractivity contribution in [3.63, 3.8) is 0 Å². The Morgan fingerprint density at radius 2 is 1.79 bits per heavy atom. The standard InChI is InChI=1S/C27H26N2O4/c1-2-3-16-33-22-11-7-10-21(17-22)25(30)23-24(20-12-14-28-15-13-20)29(27(32)26(23)31)18-19-8-5-4-6-9-19/h4-15,17,24,30H,2-3,16,18H2,1H3. The van der Waals surface area contributed by atoms with E-state index in [1.165, 1.54) is 4.90 Å². The lowest BCUT2D eigenvalue weighted by Crippen LogP contribution is -2.29. The van der Waals surface area contributed by atoms with Crippen molar-refractivity contribution < 1.29 is 19.4 Å². The summed E-state index contributed by atoms with van der Waals surface area (Å²) >= 11 is 0. The monoisotopic (exact) mass is 442 g/mol. The lowest BCUT2D eigenvalue weighted by atomic mass is 9.95. The molecule has 1 unspecified atom stereocenters. The summed E-state index contributed by atoms with van der Waals surface area (Å²) in [5.41, 5.74) is 2.09. The van der Waals surface area contributed by atoms with Crippen molar-refractivity contribution in [2.45, 2.75) is 32.4 Å². The van der Waals surface area contributed by atoms with Gasteiger partial charge in [-0.15, -0.1) is 0 Å². The van der Waals surface area contributed by atoms with Gasteiger partial charge in [0.05, 0.1) is 18.2 Å². The minimum atomic E-state index is -0.724. The fourth-order valence-electron chi connectivity index (χ4n) is 3.94. The summed E-state index contributed by atoms with van der Waals surface area (Å²) in [5, 5.41) is 11.2. The number of aromatic nitrogens is 1. The second kappa shape index (κ2) is 10.1. The highest BCUT2D eigenvalue weighted by Gasteiger charge is 2.46. The third-order valence-corrected chi connectivity index (χ3v) is 5.63. The van der Waals surface area contributed by atoms with Gasteiger partial charge in [-0.25, -0.2) is 0 Å². The second-order valence-corrected chi connectivity index (χ2v) is 7.92. The number of unbranched alkanes of at least 4 members (excludes halogenated alkanes) is 1. The number of carbonyl (C=O) groups is 2. The van der Waals surface area contributed by atoms with E-state index in [9.17, 15) is 14.7 Å². The molecule has 0 bridgehead atoms. The molecule has 1 atom stereocenters. The summed E-state index contributed by atoms with van der Waals surface area (Å²) < 4.78 is 5.76. The molecule has 1 N–H and O–H groups in total. The molecule has 2 heterocycles. The highest BCUT2D eigenvalue weighted by molar-refractivity contribution is 6.46. The first-order chi connectivity index (χ1) is 16.1. The van der Waals surface area contributed by atoms with E-state index in [0.29, 0.717) is 23.5 Å². The van der Waals surface area contributed by atoms with Crippen LogP contribution in [0.15, 0.2) is 84.7 Å². The van der Waals surface area contributed by atoms with E-state index < -0.39 is 17.7 Å². The first-order valence-electron chi connectivity index (χ1n) is 11.1. The van der Waals surface area contributed by atoms with E-state index >= 15 is 0 Å². The number of carbonyl (C=O) groups excluding carboxylic acids is 2. The van der Waals surface area contributed by atoms with Crippen LogP contribution >= 0.6 is 0 Å². The zero-order valence-corrected chi connectivity index (χ0v) is 18.5. The molecule has 0 saturated carbocycles. The zero-order chi connectivity index (χ0) is 23.2. The van der Waals surface area contributed by atoms with Crippen molar-refractivity contribution >= 4 is 17.4 Å². The molecule has 1 aromatic heterocycles. The van der Waals surface area contributed by atoms with Crippen molar-refractivity contribution in [1.82, 2.24) is 9.88 Å². The minimum Gasteiger partial charge on any atom is -0.507 e. The molecule has 3 aromatic rings. The molecule has 6 heteroatoms. The van der Waals surface area contributed by atoms with Crippen LogP contribution in [0.5, 0.6) is 5.75 Å². The predicted octanol–water partition coefficient (Wildman–Crippen LogP) is 4.88. The van der Waals surface area contributed by atoms with Gasteiger partial charge in [0.1, 0.15) is 11.5 Å². The quantitative estimate of drug-likeness (QED) is 0.233. The van der Waals surface area contributed by atoms with Crippen LogP contribution in [0.3, 0.4) is 0 Å². The van der Waals surface area contributed by atoms with E-state index in [1.807, 2.05) is 30.3 Å². The number of hydrogen-bond donors (Lipinski definition) is 1. The van der Waals surface area contributed by atoms with Crippen molar-refractivity contribution in [2.75, 3.05) is 6.61 Å². The maximum absolute atomic E-state index is 13.1. The van der Waals surface area contributed by atoms with Crippen molar-refractivity contribution in [1.29, 1.82) is 0 Å². The average Bonchev–Trinajstić information content (AvgIpc) is 3.10. The Labute approximate surface area is 193 Å². The van der Waals surface area contributed by atoms with Crippen LogP contribution in [-0.2, 0) is 16.1 Å². The van der Waals surface area contributed by atoms with Crippen molar-refractivity contribution in [3.05, 3.63) is 101 Å². The van der Waals surface area contributed by atoms with Gasteiger partial charge in [0.2, 0.25) is 0 Å². The number of hydrogen-bond acceptors (Lipinski definition) is 5. The van der Waals surface area contributed by atoms with Crippen LogP contribution in [0.2, 0.25) is 0 Å². The van der Waals surface area contributed by atoms with Gasteiger partial charge in [-0.1, -0.05) is 55.8 Å². The smallest absolute Gasteiger partial charge is 0.295 e. The molecule has 0 radical (unpaired) electrons. The second-order valence-electron chi connectivity index (χ2n) is 7.92. The Morgan fingerprint density at radius 1 is 1.03 bits per heavy atom. The fraction of sp³-hybridized carbons (Fsp3) is 0.222. The molecule has 0 aliphatic carbocycles. The maximum Gasteiger partial charge on any atom is 0.295 e. The Hall–Kier alpha value is -3.93. The van der Waals surface area contributed by atoms with E-state index in [0.717, 1.165) is 18.4 Å². The number of ketones is 1. The topological polar surface area (TPSA) is 79.7 Å². The van der Waals surface area contributed by atoms with Crippen LogP contribution in [0.25, 0.3) is 5.76 Å². The lowest BCUT2D eigenvalue weighted by molar-refractivity contribution is -0.140. The third kappa shape index (κ3) is 4.80. The number of rotatable bonds is 8. The van der Waals surface area contributed by atoms with Crippen LogP contribution in [0.1, 0.15) is 42.5 Å². The number of nitrogens with zero attached hydrogens (tertiary/aromatic N) is 2. The number of aliphatic hydroxyl groups is 1.